The van der Waals surface area contributed by atoms with Gasteiger partial charge in [0.05, 0.1) is 7.05 Å². The molecule has 0 amide bonds. The predicted molar refractivity (Wildman–Crippen MR) is 53.5 cm³/mol. The van der Waals surface area contributed by atoms with E-state index in [0.717, 1.165) is 19.3 Å². The van der Waals surface area contributed by atoms with Crippen LogP contribution >= 0.6 is 0 Å². The highest BCUT2D eigenvalue weighted by Gasteiger charge is 2.26. The van der Waals surface area contributed by atoms with Crippen LogP contribution in [0, 0.1) is 16.7 Å². The monoisotopic (exact) mass is 185 g/mol. The lowest BCUT2D eigenvalue weighted by atomic mass is 9.80. The van der Waals surface area contributed by atoms with Crippen LogP contribution in [-0.2, 0) is 4.79 Å². The summed E-state index contributed by atoms with van der Waals surface area (Å²) in [4.78, 5) is 19.9. The maximum Gasteiger partial charge on any atom is 0.138 e. The standard InChI is InChI=1S/C9H16O.CH3NO/c1-3-8-6-4-5-7(2)9(8)10;1-2-3/h7-8H,3-6H2,1-2H3;1H3. The SMILES string of the molecule is CCC1CCCC(C)C1=O.CN=O. The second-order valence-electron chi connectivity index (χ2n) is 3.52. The van der Waals surface area contributed by atoms with E-state index in [1.54, 1.807) is 0 Å². The topological polar surface area (TPSA) is 46.5 Å². The van der Waals surface area contributed by atoms with Crippen molar-refractivity contribution in [2.24, 2.45) is 17.0 Å². The molecule has 1 aliphatic carbocycles. The van der Waals surface area contributed by atoms with E-state index in [-0.39, 0.29) is 0 Å². The van der Waals surface area contributed by atoms with E-state index < -0.39 is 0 Å². The summed E-state index contributed by atoms with van der Waals surface area (Å²) >= 11 is 0. The Balaban J connectivity index is 0.000000424. The number of carbonyl (C=O) groups excluding carboxylic acids is 1. The highest BCUT2D eigenvalue weighted by molar-refractivity contribution is 5.83. The molecule has 0 aromatic rings. The lowest BCUT2D eigenvalue weighted by Gasteiger charge is -2.23. The summed E-state index contributed by atoms with van der Waals surface area (Å²) in [5.41, 5.74) is 0. The van der Waals surface area contributed by atoms with Gasteiger partial charge in [0.1, 0.15) is 5.78 Å². The molecule has 3 heteroatoms. The van der Waals surface area contributed by atoms with Crippen molar-refractivity contribution in [1.82, 2.24) is 0 Å². The molecule has 0 radical (unpaired) electrons. The number of ketones is 1. The van der Waals surface area contributed by atoms with E-state index >= 15 is 0 Å². The first kappa shape index (κ1) is 12.3. The first-order valence-electron chi connectivity index (χ1n) is 4.92. The number of nitroso groups, excluding NO2 is 1. The van der Waals surface area contributed by atoms with Crippen molar-refractivity contribution in [2.75, 3.05) is 7.05 Å². The third-order valence-corrected chi connectivity index (χ3v) is 2.57. The average Bonchev–Trinajstić information content (AvgIpc) is 2.11. The molecule has 1 aliphatic rings. The van der Waals surface area contributed by atoms with Crippen LogP contribution in [0.1, 0.15) is 39.5 Å². The molecule has 0 aromatic carbocycles. The zero-order valence-corrected chi connectivity index (χ0v) is 8.75. The van der Waals surface area contributed by atoms with Gasteiger partial charge in [-0.2, -0.15) is 4.91 Å². The summed E-state index contributed by atoms with van der Waals surface area (Å²) in [7, 11) is 1.19. The largest absolute Gasteiger partial charge is 0.299 e. The van der Waals surface area contributed by atoms with Crippen LogP contribution in [0.3, 0.4) is 0 Å². The molecule has 0 saturated heterocycles. The van der Waals surface area contributed by atoms with Crippen LogP contribution < -0.4 is 0 Å². The molecule has 0 N–H and O–H groups in total. The molecule has 13 heavy (non-hydrogen) atoms. The van der Waals surface area contributed by atoms with E-state index in [1.165, 1.54) is 13.5 Å². The first-order chi connectivity index (χ1) is 6.17. The Morgan fingerprint density at radius 2 is 2.00 bits per heavy atom. The van der Waals surface area contributed by atoms with Gasteiger partial charge in [-0.1, -0.05) is 25.4 Å². The molecular formula is C10H19NO2. The lowest BCUT2D eigenvalue weighted by Crippen LogP contribution is -2.25. The van der Waals surface area contributed by atoms with E-state index in [9.17, 15) is 4.79 Å². The molecule has 0 aliphatic heterocycles. The second-order valence-corrected chi connectivity index (χ2v) is 3.52. The van der Waals surface area contributed by atoms with Crippen molar-refractivity contribution >= 4 is 5.78 Å². The van der Waals surface area contributed by atoms with Gasteiger partial charge in [0.2, 0.25) is 0 Å². The van der Waals surface area contributed by atoms with Crippen LogP contribution in [-0.4, -0.2) is 12.8 Å². The first-order valence-corrected chi connectivity index (χ1v) is 4.92. The molecule has 76 valence electrons. The smallest absolute Gasteiger partial charge is 0.138 e. The minimum atomic E-state index is 0.346. The fourth-order valence-corrected chi connectivity index (χ4v) is 1.76. The third-order valence-electron chi connectivity index (χ3n) is 2.57. The number of carbonyl (C=O) groups is 1. The Kier molecular flexibility index (Phi) is 6.37. The summed E-state index contributed by atoms with van der Waals surface area (Å²) in [5.74, 6) is 1.25. The molecule has 1 fully saturated rings. The van der Waals surface area contributed by atoms with Crippen LogP contribution in [0.25, 0.3) is 0 Å². The van der Waals surface area contributed by atoms with Gasteiger partial charge in [-0.05, 0) is 19.3 Å². The van der Waals surface area contributed by atoms with Crippen LogP contribution in [0.4, 0.5) is 0 Å². The predicted octanol–water partition coefficient (Wildman–Crippen LogP) is 2.78. The van der Waals surface area contributed by atoms with E-state index in [4.69, 9.17) is 4.91 Å². The molecule has 3 nitrogen and oxygen atoms in total. The van der Waals surface area contributed by atoms with Gasteiger partial charge in [0, 0.05) is 11.8 Å². The van der Waals surface area contributed by atoms with E-state index in [2.05, 4.69) is 19.0 Å². The van der Waals surface area contributed by atoms with Crippen LogP contribution in [0.2, 0.25) is 0 Å². The van der Waals surface area contributed by atoms with Gasteiger partial charge in [-0.15, -0.1) is 0 Å². The van der Waals surface area contributed by atoms with Gasteiger partial charge in [0.15, 0.2) is 0 Å². The fourth-order valence-electron chi connectivity index (χ4n) is 1.76. The minimum absolute atomic E-state index is 0.346. The normalized spacial score (nSPS) is 27.5. The summed E-state index contributed by atoms with van der Waals surface area (Å²) in [6.07, 6.45) is 4.56. The maximum absolute atomic E-state index is 11.4. The fraction of sp³-hybridized carbons (Fsp3) is 0.900. The van der Waals surface area contributed by atoms with Crippen LogP contribution in [0.5, 0.6) is 0 Å². The van der Waals surface area contributed by atoms with Gasteiger partial charge in [-0.25, -0.2) is 0 Å². The Bertz CT molecular complexity index is 168. The molecule has 0 heterocycles. The van der Waals surface area contributed by atoms with E-state index in [1.807, 2.05) is 0 Å². The van der Waals surface area contributed by atoms with Crippen molar-refractivity contribution in [1.29, 1.82) is 0 Å². The summed E-state index contributed by atoms with van der Waals surface area (Å²) in [6, 6.07) is 0. The zero-order valence-electron chi connectivity index (χ0n) is 8.75. The quantitative estimate of drug-likeness (QED) is 0.590. The number of rotatable bonds is 1. The molecule has 2 atom stereocenters. The summed E-state index contributed by atoms with van der Waals surface area (Å²) in [5, 5.41) is 2.25. The van der Waals surface area contributed by atoms with Gasteiger partial charge >= 0.3 is 0 Å². The summed E-state index contributed by atoms with van der Waals surface area (Å²) in [6.45, 7) is 4.17. The number of nitrogens with zero attached hydrogens (tertiary/aromatic N) is 1. The molecule has 0 aromatic heterocycles. The highest BCUT2D eigenvalue weighted by Crippen LogP contribution is 2.26. The second kappa shape index (κ2) is 6.75. The highest BCUT2D eigenvalue weighted by atomic mass is 16.2. The molecular weight excluding hydrogens is 166 g/mol. The molecule has 2 unspecified atom stereocenters. The van der Waals surface area contributed by atoms with Gasteiger partial charge < -0.3 is 0 Å². The summed E-state index contributed by atoms with van der Waals surface area (Å²) < 4.78 is 0. The lowest BCUT2D eigenvalue weighted by molar-refractivity contribution is -0.128. The van der Waals surface area contributed by atoms with Crippen molar-refractivity contribution in [2.45, 2.75) is 39.5 Å². The molecule has 0 bridgehead atoms. The van der Waals surface area contributed by atoms with Crippen molar-refractivity contribution < 1.29 is 4.79 Å². The molecule has 1 saturated carbocycles. The zero-order chi connectivity index (χ0) is 10.3. The third kappa shape index (κ3) is 4.15. The van der Waals surface area contributed by atoms with E-state index in [0.29, 0.717) is 17.6 Å². The number of hydrogen-bond acceptors (Lipinski definition) is 3. The Morgan fingerprint density at radius 1 is 1.46 bits per heavy atom. The Labute approximate surface area is 79.9 Å². The average molecular weight is 185 g/mol. The molecule has 1 rings (SSSR count). The number of Topliss-reactive ketones (excluding diaryl/α,β-unsaturated/α-hetero) is 1. The van der Waals surface area contributed by atoms with Crippen molar-refractivity contribution in [3.05, 3.63) is 4.91 Å². The Morgan fingerprint density at radius 3 is 2.38 bits per heavy atom. The molecule has 0 spiro atoms. The van der Waals surface area contributed by atoms with Gasteiger partial charge in [0.25, 0.3) is 0 Å². The number of hydrogen-bond donors (Lipinski definition) is 0. The maximum atomic E-state index is 11.4. The van der Waals surface area contributed by atoms with Crippen LogP contribution in [0.15, 0.2) is 5.18 Å². The van der Waals surface area contributed by atoms with Crippen molar-refractivity contribution in [3.63, 3.8) is 0 Å². The van der Waals surface area contributed by atoms with Crippen molar-refractivity contribution in [3.8, 4) is 0 Å². The Hall–Kier alpha value is -0.730. The minimum Gasteiger partial charge on any atom is -0.299 e. The van der Waals surface area contributed by atoms with Gasteiger partial charge in [-0.3, -0.25) is 4.79 Å².